The topological polar surface area (TPSA) is 139 Å². The number of benzene rings is 2. The summed E-state index contributed by atoms with van der Waals surface area (Å²) >= 11 is 0. The number of aromatic nitrogens is 2. The van der Waals surface area contributed by atoms with Crippen molar-refractivity contribution in [2.45, 2.75) is 30.3 Å². The largest absolute Gasteiger partial charge is 0.501 e. The summed E-state index contributed by atoms with van der Waals surface area (Å²) in [5, 5.41) is 10.5. The van der Waals surface area contributed by atoms with Gasteiger partial charge in [0.25, 0.3) is 11.8 Å². The summed E-state index contributed by atoms with van der Waals surface area (Å²) in [5.74, 6) is -1.26. The SMILES string of the molecule is O=C1c2c(O)c(=O)nc([C@H]3CCCN3C(=O)COc3ccccc3)n2CCN1CCS(=O)(=O)c1ccccc1. The summed E-state index contributed by atoms with van der Waals surface area (Å²) in [5.41, 5.74) is -1.21. The zero-order valence-electron chi connectivity index (χ0n) is 21.1. The van der Waals surface area contributed by atoms with Gasteiger partial charge in [0.15, 0.2) is 22.1 Å². The van der Waals surface area contributed by atoms with Crippen LogP contribution in [0.25, 0.3) is 0 Å². The van der Waals surface area contributed by atoms with Gasteiger partial charge in [0, 0.05) is 26.2 Å². The molecule has 0 spiro atoms. The summed E-state index contributed by atoms with van der Waals surface area (Å²) in [6.07, 6.45) is 1.20. The van der Waals surface area contributed by atoms with Gasteiger partial charge in [-0.25, -0.2) is 8.42 Å². The van der Waals surface area contributed by atoms with Crippen molar-refractivity contribution in [2.24, 2.45) is 0 Å². The van der Waals surface area contributed by atoms with Crippen molar-refractivity contribution in [1.82, 2.24) is 19.4 Å². The van der Waals surface area contributed by atoms with Crippen LogP contribution >= 0.6 is 0 Å². The Morgan fingerprint density at radius 2 is 1.69 bits per heavy atom. The number of fused-ring (bicyclic) bond motifs is 1. The first kappa shape index (κ1) is 26.4. The van der Waals surface area contributed by atoms with Crippen LogP contribution in [-0.2, 0) is 21.2 Å². The van der Waals surface area contributed by atoms with Gasteiger partial charge in [0.05, 0.1) is 16.7 Å². The molecule has 1 fully saturated rings. The van der Waals surface area contributed by atoms with Gasteiger partial charge in [-0.1, -0.05) is 36.4 Å². The summed E-state index contributed by atoms with van der Waals surface area (Å²) in [7, 11) is -3.64. The normalized spacial score (nSPS) is 17.2. The van der Waals surface area contributed by atoms with E-state index in [1.54, 1.807) is 47.4 Å². The monoisotopic (exact) mass is 552 g/mol. The van der Waals surface area contributed by atoms with E-state index in [-0.39, 0.29) is 54.3 Å². The van der Waals surface area contributed by atoms with Crippen LogP contribution in [0.4, 0.5) is 0 Å². The molecule has 1 atom stereocenters. The first-order chi connectivity index (χ1) is 18.8. The Hall–Kier alpha value is -4.19. The highest BCUT2D eigenvalue weighted by Gasteiger charge is 2.38. The number of ether oxygens (including phenoxy) is 1. The minimum Gasteiger partial charge on any atom is -0.501 e. The number of carbonyl (C=O) groups excluding carboxylic acids is 2. The first-order valence-electron chi connectivity index (χ1n) is 12.6. The molecule has 0 saturated carbocycles. The Morgan fingerprint density at radius 3 is 2.41 bits per heavy atom. The van der Waals surface area contributed by atoms with Gasteiger partial charge >= 0.3 is 5.56 Å². The molecule has 3 heterocycles. The van der Waals surface area contributed by atoms with Crippen LogP contribution in [0.3, 0.4) is 0 Å². The van der Waals surface area contributed by atoms with Crippen LogP contribution in [0, 0.1) is 0 Å². The number of rotatable bonds is 8. The highest BCUT2D eigenvalue weighted by Crippen LogP contribution is 2.33. The zero-order chi connectivity index (χ0) is 27.6. The van der Waals surface area contributed by atoms with Crippen LogP contribution in [0.1, 0.15) is 35.2 Å². The van der Waals surface area contributed by atoms with Crippen LogP contribution in [-0.4, -0.2) is 76.7 Å². The fourth-order valence-corrected chi connectivity index (χ4v) is 6.27. The predicted octanol–water partition coefficient (Wildman–Crippen LogP) is 1.62. The summed E-state index contributed by atoms with van der Waals surface area (Å²) in [6, 6.07) is 16.3. The summed E-state index contributed by atoms with van der Waals surface area (Å²) in [4.78, 5) is 46.2. The maximum absolute atomic E-state index is 13.4. The minimum absolute atomic E-state index is 0.105. The van der Waals surface area contributed by atoms with E-state index in [0.717, 1.165) is 0 Å². The molecule has 2 aliphatic rings. The third-order valence-electron chi connectivity index (χ3n) is 6.98. The van der Waals surface area contributed by atoms with Crippen molar-refractivity contribution in [3.8, 4) is 11.5 Å². The molecule has 2 aromatic carbocycles. The van der Waals surface area contributed by atoms with Crippen LogP contribution in [0.5, 0.6) is 11.5 Å². The molecule has 1 aromatic heterocycles. The molecule has 2 amide bonds. The van der Waals surface area contributed by atoms with Crippen LogP contribution in [0.15, 0.2) is 70.4 Å². The Morgan fingerprint density at radius 1 is 1.00 bits per heavy atom. The van der Waals surface area contributed by atoms with E-state index >= 15 is 0 Å². The lowest BCUT2D eigenvalue weighted by Crippen LogP contribution is -2.46. The number of aromatic hydroxyl groups is 1. The predicted molar refractivity (Wildman–Crippen MR) is 140 cm³/mol. The molecule has 12 heteroatoms. The number of hydrogen-bond donors (Lipinski definition) is 1. The number of likely N-dealkylation sites (tertiary alicyclic amines) is 1. The second-order valence-corrected chi connectivity index (χ2v) is 11.5. The lowest BCUT2D eigenvalue weighted by atomic mass is 10.1. The quantitative estimate of drug-likeness (QED) is 0.445. The molecular weight excluding hydrogens is 524 g/mol. The third kappa shape index (κ3) is 5.37. The molecule has 2 aliphatic heterocycles. The molecule has 0 radical (unpaired) electrons. The summed E-state index contributed by atoms with van der Waals surface area (Å²) < 4.78 is 32.5. The molecule has 3 aromatic rings. The second-order valence-electron chi connectivity index (χ2n) is 9.40. The number of hydrogen-bond acceptors (Lipinski definition) is 8. The van der Waals surface area contributed by atoms with Crippen molar-refractivity contribution >= 4 is 21.7 Å². The second kappa shape index (κ2) is 10.9. The molecule has 1 saturated heterocycles. The van der Waals surface area contributed by atoms with Crippen LogP contribution < -0.4 is 10.3 Å². The van der Waals surface area contributed by atoms with Crippen molar-refractivity contribution in [2.75, 3.05) is 32.0 Å². The van der Waals surface area contributed by atoms with Crippen LogP contribution in [0.2, 0.25) is 0 Å². The Balaban J connectivity index is 1.36. The van der Waals surface area contributed by atoms with Gasteiger partial charge in [-0.2, -0.15) is 4.98 Å². The van der Waals surface area contributed by atoms with Gasteiger partial charge in [-0.15, -0.1) is 0 Å². The average molecular weight is 553 g/mol. The number of amides is 2. The molecule has 11 nitrogen and oxygen atoms in total. The maximum Gasteiger partial charge on any atom is 0.315 e. The van der Waals surface area contributed by atoms with Gasteiger partial charge in [0.1, 0.15) is 11.6 Å². The minimum atomic E-state index is -3.64. The van der Waals surface area contributed by atoms with Gasteiger partial charge in [0.2, 0.25) is 5.75 Å². The fraction of sp³-hybridized carbons (Fsp3) is 0.333. The lowest BCUT2D eigenvalue weighted by molar-refractivity contribution is -0.134. The van der Waals surface area contributed by atoms with Gasteiger partial charge in [-0.05, 0) is 37.1 Å². The van der Waals surface area contributed by atoms with E-state index in [9.17, 15) is 27.9 Å². The summed E-state index contributed by atoms with van der Waals surface area (Å²) in [6.45, 7) is 0.474. The van der Waals surface area contributed by atoms with Crippen molar-refractivity contribution < 1.29 is 27.9 Å². The molecular formula is C27H28N4O7S. The van der Waals surface area contributed by atoms with E-state index < -0.39 is 33.1 Å². The van der Waals surface area contributed by atoms with E-state index in [1.807, 2.05) is 6.07 Å². The highest BCUT2D eigenvalue weighted by atomic mass is 32.2. The Bertz CT molecular complexity index is 1540. The van der Waals surface area contributed by atoms with E-state index in [4.69, 9.17) is 4.74 Å². The van der Waals surface area contributed by atoms with E-state index in [0.29, 0.717) is 25.1 Å². The molecule has 1 N–H and O–H groups in total. The van der Waals surface area contributed by atoms with Gasteiger partial charge in [-0.3, -0.25) is 14.4 Å². The standard InChI is InChI=1S/C27H28N4O7S/c32-22(18-38-19-8-3-1-4-9-19)30-13-7-12-21(30)25-28-26(34)24(33)23-27(35)29(14-15-31(23)25)16-17-39(36,37)20-10-5-2-6-11-20/h1-6,8-11,21,33H,7,12-18H2/t21-/m1/s1. The molecule has 5 rings (SSSR count). The zero-order valence-corrected chi connectivity index (χ0v) is 21.9. The van der Waals surface area contributed by atoms with Crippen molar-refractivity contribution in [1.29, 1.82) is 0 Å². The lowest BCUT2D eigenvalue weighted by Gasteiger charge is -2.33. The van der Waals surface area contributed by atoms with Gasteiger partial charge < -0.3 is 24.2 Å². The van der Waals surface area contributed by atoms with Crippen molar-refractivity contribution in [3.63, 3.8) is 0 Å². The first-order valence-corrected chi connectivity index (χ1v) is 14.3. The molecule has 204 valence electrons. The third-order valence-corrected chi connectivity index (χ3v) is 8.69. The fourth-order valence-electron chi connectivity index (χ4n) is 5.00. The number of sulfone groups is 1. The molecule has 0 aliphatic carbocycles. The molecule has 0 bridgehead atoms. The van der Waals surface area contributed by atoms with Crippen molar-refractivity contribution in [3.05, 3.63) is 82.5 Å². The smallest absolute Gasteiger partial charge is 0.315 e. The van der Waals surface area contributed by atoms with E-state index in [2.05, 4.69) is 4.98 Å². The number of nitrogens with zero attached hydrogens (tertiary/aromatic N) is 4. The van der Waals surface area contributed by atoms with E-state index in [1.165, 1.54) is 21.6 Å². The Labute approximate surface area is 225 Å². The number of para-hydroxylation sites is 1. The number of carbonyl (C=O) groups is 2. The maximum atomic E-state index is 13.4. The highest BCUT2D eigenvalue weighted by molar-refractivity contribution is 7.91. The Kier molecular flexibility index (Phi) is 7.38. The molecule has 39 heavy (non-hydrogen) atoms. The molecule has 0 unspecified atom stereocenters. The average Bonchev–Trinajstić information content (AvgIpc) is 3.44.